The van der Waals surface area contributed by atoms with Crippen molar-refractivity contribution in [3.8, 4) is 0 Å². The summed E-state index contributed by atoms with van der Waals surface area (Å²) in [6, 6.07) is 5.39. The van der Waals surface area contributed by atoms with Gasteiger partial charge in [0.2, 0.25) is 5.91 Å². The topological polar surface area (TPSA) is 80.1 Å². The van der Waals surface area contributed by atoms with Crippen molar-refractivity contribution in [2.24, 2.45) is 0 Å². The van der Waals surface area contributed by atoms with Crippen molar-refractivity contribution in [2.75, 3.05) is 13.1 Å². The van der Waals surface area contributed by atoms with E-state index in [2.05, 4.69) is 21.4 Å². The van der Waals surface area contributed by atoms with E-state index in [1.165, 1.54) is 4.88 Å². The zero-order valence-electron chi connectivity index (χ0n) is 15.5. The first-order valence-electron chi connectivity index (χ1n) is 9.13. The van der Waals surface area contributed by atoms with Crippen LogP contribution in [0.1, 0.15) is 32.5 Å². The molecule has 4 rings (SSSR count). The Balaban J connectivity index is 1.47. The van der Waals surface area contributed by atoms with Gasteiger partial charge < -0.3 is 14.8 Å². The number of imidazole rings is 1. The number of rotatable bonds is 5. The molecule has 28 heavy (non-hydrogen) atoms. The van der Waals surface area contributed by atoms with Crippen LogP contribution in [0.25, 0.3) is 0 Å². The van der Waals surface area contributed by atoms with Gasteiger partial charge in [-0.25, -0.2) is 4.98 Å². The first-order valence-corrected chi connectivity index (χ1v) is 10.0. The van der Waals surface area contributed by atoms with Crippen molar-refractivity contribution in [3.63, 3.8) is 0 Å². The maximum atomic E-state index is 12.9. The summed E-state index contributed by atoms with van der Waals surface area (Å²) < 4.78 is 1.86. The van der Waals surface area contributed by atoms with Crippen LogP contribution in [-0.2, 0) is 17.8 Å². The quantitative estimate of drug-likeness (QED) is 0.718. The summed E-state index contributed by atoms with van der Waals surface area (Å²) in [4.78, 5) is 37.0. The molecule has 3 aromatic rings. The number of hydrogen-bond acceptors (Lipinski definition) is 5. The first kappa shape index (κ1) is 18.4. The van der Waals surface area contributed by atoms with Gasteiger partial charge in [0, 0.05) is 30.0 Å². The maximum absolute atomic E-state index is 12.9. The highest BCUT2D eigenvalue weighted by molar-refractivity contribution is 7.09. The molecule has 0 saturated carbocycles. The van der Waals surface area contributed by atoms with Crippen LogP contribution in [0.3, 0.4) is 0 Å². The van der Waals surface area contributed by atoms with Crippen LogP contribution in [0.4, 0.5) is 0 Å². The Morgan fingerprint density at radius 1 is 1.29 bits per heavy atom. The molecule has 8 heteroatoms. The second-order valence-corrected chi connectivity index (χ2v) is 7.90. The molecule has 0 unspecified atom stereocenters. The molecule has 1 atom stereocenters. The van der Waals surface area contributed by atoms with Crippen molar-refractivity contribution in [3.05, 3.63) is 70.2 Å². The second kappa shape index (κ2) is 7.93. The van der Waals surface area contributed by atoms with E-state index in [1.54, 1.807) is 41.2 Å². The van der Waals surface area contributed by atoms with E-state index < -0.39 is 6.04 Å². The number of aromatic nitrogens is 3. The third-order valence-corrected chi connectivity index (χ3v) is 5.73. The highest BCUT2D eigenvalue weighted by Crippen LogP contribution is 2.23. The monoisotopic (exact) mass is 395 g/mol. The predicted molar refractivity (Wildman–Crippen MR) is 106 cm³/mol. The van der Waals surface area contributed by atoms with Gasteiger partial charge in [-0.1, -0.05) is 6.07 Å². The number of pyridine rings is 1. The minimum atomic E-state index is -0.490. The summed E-state index contributed by atoms with van der Waals surface area (Å²) in [5.41, 5.74) is 2.30. The fraction of sp³-hybridized carbons (Fsp3) is 0.300. The molecular formula is C20H21N5O2S. The van der Waals surface area contributed by atoms with Gasteiger partial charge in [0.25, 0.3) is 5.91 Å². The largest absolute Gasteiger partial charge is 0.354 e. The molecule has 0 fully saturated rings. The van der Waals surface area contributed by atoms with Crippen LogP contribution >= 0.6 is 11.3 Å². The van der Waals surface area contributed by atoms with Crippen molar-refractivity contribution in [1.82, 2.24) is 24.8 Å². The van der Waals surface area contributed by atoms with E-state index in [-0.39, 0.29) is 11.8 Å². The van der Waals surface area contributed by atoms with E-state index in [1.807, 2.05) is 29.0 Å². The van der Waals surface area contributed by atoms with Crippen molar-refractivity contribution in [2.45, 2.75) is 25.9 Å². The van der Waals surface area contributed by atoms with Crippen LogP contribution in [0.5, 0.6) is 0 Å². The molecule has 0 radical (unpaired) electrons. The Morgan fingerprint density at radius 3 is 2.96 bits per heavy atom. The van der Waals surface area contributed by atoms with Crippen LogP contribution in [0.2, 0.25) is 0 Å². The smallest absolute Gasteiger partial charge is 0.255 e. The number of hydrogen-bond donors (Lipinski definition) is 1. The Bertz CT molecular complexity index is 982. The van der Waals surface area contributed by atoms with Gasteiger partial charge in [-0.05, 0) is 36.4 Å². The van der Waals surface area contributed by atoms with Gasteiger partial charge >= 0.3 is 0 Å². The highest BCUT2D eigenvalue weighted by Gasteiger charge is 2.32. The van der Waals surface area contributed by atoms with Crippen molar-refractivity contribution in [1.29, 1.82) is 0 Å². The molecule has 144 valence electrons. The number of carbonyl (C=O) groups excluding carboxylic acids is 2. The molecule has 4 heterocycles. The molecule has 3 aromatic heterocycles. The summed E-state index contributed by atoms with van der Waals surface area (Å²) in [7, 11) is 0. The number of nitrogens with zero attached hydrogens (tertiary/aromatic N) is 4. The van der Waals surface area contributed by atoms with Crippen LogP contribution < -0.4 is 5.32 Å². The predicted octanol–water partition coefficient (Wildman–Crippen LogP) is 2.20. The highest BCUT2D eigenvalue weighted by atomic mass is 32.1. The van der Waals surface area contributed by atoms with E-state index in [4.69, 9.17) is 0 Å². The Kier molecular flexibility index (Phi) is 5.21. The van der Waals surface area contributed by atoms with E-state index >= 15 is 0 Å². The average molecular weight is 395 g/mol. The number of carbonyl (C=O) groups is 2. The number of fused-ring (bicyclic) bond motifs is 1. The average Bonchev–Trinajstić information content (AvgIpc) is 3.38. The third kappa shape index (κ3) is 3.82. The van der Waals surface area contributed by atoms with Gasteiger partial charge in [-0.15, -0.1) is 11.3 Å². The van der Waals surface area contributed by atoms with Crippen LogP contribution in [0.15, 0.2) is 48.5 Å². The van der Waals surface area contributed by atoms with Gasteiger partial charge in [0.15, 0.2) is 0 Å². The Morgan fingerprint density at radius 2 is 2.18 bits per heavy atom. The van der Waals surface area contributed by atoms with Gasteiger partial charge in [0.05, 0.1) is 30.7 Å². The van der Waals surface area contributed by atoms with Crippen molar-refractivity contribution < 1.29 is 9.59 Å². The molecule has 2 amide bonds. The Labute approximate surface area is 167 Å². The molecular weight excluding hydrogens is 374 g/mol. The lowest BCUT2D eigenvalue weighted by molar-refractivity contribution is -0.125. The summed E-state index contributed by atoms with van der Waals surface area (Å²) in [6.07, 6.45) is 7.45. The lowest BCUT2D eigenvalue weighted by Crippen LogP contribution is -2.46. The summed E-state index contributed by atoms with van der Waals surface area (Å²) in [5.74, 6) is -0.226. The molecule has 0 spiro atoms. The van der Waals surface area contributed by atoms with Gasteiger partial charge in [-0.2, -0.15) is 0 Å². The zero-order chi connectivity index (χ0) is 19.5. The lowest BCUT2D eigenvalue weighted by Gasteiger charge is -2.33. The fourth-order valence-electron chi connectivity index (χ4n) is 3.39. The van der Waals surface area contributed by atoms with Crippen molar-refractivity contribution >= 4 is 23.2 Å². The summed E-state index contributed by atoms with van der Waals surface area (Å²) in [5, 5.41) is 5.03. The maximum Gasteiger partial charge on any atom is 0.255 e. The third-order valence-electron chi connectivity index (χ3n) is 4.79. The Hall–Kier alpha value is -3.00. The number of nitrogens with one attached hydrogen (secondary N) is 1. The number of thiophene rings is 1. The number of aryl methyl sites for hydroxylation is 1. The first-order chi connectivity index (χ1) is 13.6. The van der Waals surface area contributed by atoms with Gasteiger partial charge in [0.1, 0.15) is 6.04 Å². The standard InChI is InChI=1S/C20H21N5O2S/c1-14-7-15(9-21-8-14)20(27)24-11-16-10-22-13-25(16)18(12-24)19(26)23-5-4-17-3-2-6-28-17/h2-3,6-10,13,18H,4-5,11-12H2,1H3,(H,23,26)/t18-/m1/s1. The van der Waals surface area contributed by atoms with Gasteiger partial charge in [-0.3, -0.25) is 14.6 Å². The molecule has 1 N–H and O–H groups in total. The van der Waals surface area contributed by atoms with Crippen LogP contribution in [-0.4, -0.2) is 44.3 Å². The molecule has 0 saturated heterocycles. The SMILES string of the molecule is Cc1cncc(C(=O)N2Cc3cncn3[C@@H](C(=O)NCCc3cccs3)C2)c1. The van der Waals surface area contributed by atoms with E-state index in [0.717, 1.165) is 17.7 Å². The molecule has 1 aliphatic heterocycles. The summed E-state index contributed by atoms with van der Waals surface area (Å²) in [6.45, 7) is 3.20. The van der Waals surface area contributed by atoms with Crippen LogP contribution in [0, 0.1) is 6.92 Å². The minimum absolute atomic E-state index is 0.101. The fourth-order valence-corrected chi connectivity index (χ4v) is 4.10. The molecule has 0 aliphatic carbocycles. The number of amides is 2. The van der Waals surface area contributed by atoms with E-state index in [0.29, 0.717) is 25.2 Å². The lowest BCUT2D eigenvalue weighted by atomic mass is 10.1. The molecule has 1 aliphatic rings. The minimum Gasteiger partial charge on any atom is -0.354 e. The molecule has 0 aromatic carbocycles. The second-order valence-electron chi connectivity index (χ2n) is 6.87. The molecule has 0 bridgehead atoms. The normalized spacial score (nSPS) is 15.9. The zero-order valence-corrected chi connectivity index (χ0v) is 16.4. The van der Waals surface area contributed by atoms with E-state index in [9.17, 15) is 9.59 Å². The summed E-state index contributed by atoms with van der Waals surface area (Å²) >= 11 is 1.68. The molecule has 7 nitrogen and oxygen atoms in total.